The predicted molar refractivity (Wildman–Crippen MR) is 84.0 cm³/mol. The summed E-state index contributed by atoms with van der Waals surface area (Å²) < 4.78 is 5.32. The van der Waals surface area contributed by atoms with Crippen LogP contribution in [0.1, 0.15) is 46.5 Å². The summed E-state index contributed by atoms with van der Waals surface area (Å²) in [6, 6.07) is 0. The smallest absolute Gasteiger partial charge is 0.306 e. The average molecular weight is 295 g/mol. The van der Waals surface area contributed by atoms with Crippen molar-refractivity contribution in [1.29, 1.82) is 0 Å². The monoisotopic (exact) mass is 295 g/mol. The summed E-state index contributed by atoms with van der Waals surface area (Å²) in [7, 11) is 0. The van der Waals surface area contributed by atoms with Crippen LogP contribution in [0.25, 0.3) is 0 Å². The van der Waals surface area contributed by atoms with Crippen molar-refractivity contribution in [2.45, 2.75) is 46.5 Å². The van der Waals surface area contributed by atoms with Crippen LogP contribution < -0.4 is 0 Å². The van der Waals surface area contributed by atoms with Gasteiger partial charge in [0.25, 0.3) is 0 Å². The molecule has 2 unspecified atom stereocenters. The highest BCUT2D eigenvalue weighted by molar-refractivity contribution is 5.82. The zero-order valence-corrected chi connectivity index (χ0v) is 13.6. The van der Waals surface area contributed by atoms with Gasteiger partial charge >= 0.3 is 5.97 Å². The number of esters is 1. The average Bonchev–Trinajstić information content (AvgIpc) is 2.81. The van der Waals surface area contributed by atoms with Crippen molar-refractivity contribution in [2.24, 2.45) is 11.8 Å². The third-order valence-corrected chi connectivity index (χ3v) is 4.31. The second-order valence-electron chi connectivity index (χ2n) is 5.72. The maximum atomic E-state index is 11.9. The van der Waals surface area contributed by atoms with E-state index < -0.39 is 0 Å². The second-order valence-corrected chi connectivity index (χ2v) is 5.72. The molecular formula is C17H29NO3. The van der Waals surface area contributed by atoms with E-state index in [1.54, 1.807) is 0 Å². The van der Waals surface area contributed by atoms with E-state index in [0.29, 0.717) is 31.8 Å². The molecule has 0 saturated heterocycles. The summed E-state index contributed by atoms with van der Waals surface area (Å²) in [5, 5.41) is 0. The highest BCUT2D eigenvalue weighted by Crippen LogP contribution is 2.34. The van der Waals surface area contributed by atoms with Gasteiger partial charge in [-0.25, -0.2) is 0 Å². The molecule has 0 spiro atoms. The van der Waals surface area contributed by atoms with Gasteiger partial charge in [-0.3, -0.25) is 9.59 Å². The lowest BCUT2D eigenvalue weighted by Crippen LogP contribution is -2.28. The Morgan fingerprint density at radius 3 is 2.57 bits per heavy atom. The fraction of sp³-hybridized carbons (Fsp3) is 0.765. The fourth-order valence-corrected chi connectivity index (χ4v) is 2.93. The van der Waals surface area contributed by atoms with Crippen molar-refractivity contribution in [3.63, 3.8) is 0 Å². The van der Waals surface area contributed by atoms with Crippen molar-refractivity contribution in [2.75, 3.05) is 26.2 Å². The van der Waals surface area contributed by atoms with Crippen LogP contribution in [0.15, 0.2) is 12.2 Å². The Kier molecular flexibility index (Phi) is 8.28. The minimum Gasteiger partial charge on any atom is -0.464 e. The zero-order valence-electron chi connectivity index (χ0n) is 13.6. The number of likely N-dealkylation sites (N-methyl/N-ethyl adjacent to an activating group) is 1. The van der Waals surface area contributed by atoms with Gasteiger partial charge in [0.1, 0.15) is 12.4 Å². The van der Waals surface area contributed by atoms with Gasteiger partial charge in [0.15, 0.2) is 0 Å². The molecule has 1 fully saturated rings. The van der Waals surface area contributed by atoms with Gasteiger partial charge in [-0.1, -0.05) is 26.0 Å². The number of ketones is 1. The van der Waals surface area contributed by atoms with Gasteiger partial charge in [0.05, 0.1) is 0 Å². The van der Waals surface area contributed by atoms with Crippen molar-refractivity contribution in [3.05, 3.63) is 12.2 Å². The van der Waals surface area contributed by atoms with Crippen molar-refractivity contribution >= 4 is 11.8 Å². The Hall–Kier alpha value is -1.16. The summed E-state index contributed by atoms with van der Waals surface area (Å²) in [5.74, 6) is 0.594. The van der Waals surface area contributed by atoms with Gasteiger partial charge in [-0.05, 0) is 38.3 Å². The first-order valence-corrected chi connectivity index (χ1v) is 8.11. The number of hydrogen-bond donors (Lipinski definition) is 0. The molecule has 0 aliphatic heterocycles. The molecule has 21 heavy (non-hydrogen) atoms. The second kappa shape index (κ2) is 9.72. The highest BCUT2D eigenvalue weighted by Gasteiger charge is 2.33. The van der Waals surface area contributed by atoms with Crippen LogP contribution in [0.2, 0.25) is 0 Å². The normalized spacial score (nSPS) is 22.4. The Morgan fingerprint density at radius 1 is 1.29 bits per heavy atom. The molecule has 1 saturated carbocycles. The molecule has 0 aromatic heterocycles. The molecule has 0 heterocycles. The lowest BCUT2D eigenvalue weighted by Gasteiger charge is -2.19. The van der Waals surface area contributed by atoms with Crippen LogP contribution in [0, 0.1) is 11.8 Å². The molecule has 0 bridgehead atoms. The maximum absolute atomic E-state index is 11.9. The third-order valence-electron chi connectivity index (χ3n) is 4.31. The molecule has 1 aliphatic rings. The summed E-state index contributed by atoms with van der Waals surface area (Å²) in [4.78, 5) is 25.7. The number of allylic oxidation sites excluding steroid dienone is 2. The van der Waals surface area contributed by atoms with E-state index in [1.165, 1.54) is 0 Å². The first kappa shape index (κ1) is 17.9. The summed E-state index contributed by atoms with van der Waals surface area (Å²) in [5.41, 5.74) is 0. The van der Waals surface area contributed by atoms with E-state index in [9.17, 15) is 9.59 Å². The molecule has 2 atom stereocenters. The standard InChI is InChI=1S/C17H29NO3/c1-4-7-8-14-11-16(19)12-15(14)13-17(20)21-10-9-18(5-2)6-3/h4,7,14-15H,5-6,8-13H2,1-3H3/b7-4-. The number of rotatable bonds is 9. The molecule has 4 nitrogen and oxygen atoms in total. The molecule has 1 aliphatic carbocycles. The van der Waals surface area contributed by atoms with E-state index in [0.717, 1.165) is 26.1 Å². The summed E-state index contributed by atoms with van der Waals surface area (Å²) in [6.45, 7) is 9.34. The topological polar surface area (TPSA) is 46.6 Å². The van der Waals surface area contributed by atoms with Crippen LogP contribution >= 0.6 is 0 Å². The highest BCUT2D eigenvalue weighted by atomic mass is 16.5. The molecule has 0 amide bonds. The Bertz CT molecular complexity index is 361. The van der Waals surface area contributed by atoms with Gasteiger partial charge in [0, 0.05) is 25.8 Å². The fourth-order valence-electron chi connectivity index (χ4n) is 2.93. The van der Waals surface area contributed by atoms with Crippen LogP contribution in [-0.2, 0) is 14.3 Å². The lowest BCUT2D eigenvalue weighted by molar-refractivity contribution is -0.145. The largest absolute Gasteiger partial charge is 0.464 e. The van der Waals surface area contributed by atoms with Crippen LogP contribution in [-0.4, -0.2) is 42.9 Å². The van der Waals surface area contributed by atoms with Crippen LogP contribution in [0.3, 0.4) is 0 Å². The number of nitrogens with zero attached hydrogens (tertiary/aromatic N) is 1. The molecule has 0 aromatic rings. The molecule has 0 radical (unpaired) electrons. The van der Waals surface area contributed by atoms with E-state index in [-0.39, 0.29) is 17.7 Å². The van der Waals surface area contributed by atoms with Crippen molar-refractivity contribution < 1.29 is 14.3 Å². The van der Waals surface area contributed by atoms with E-state index in [2.05, 4.69) is 24.8 Å². The molecule has 0 aromatic carbocycles. The lowest BCUT2D eigenvalue weighted by atomic mass is 9.90. The number of Topliss-reactive ketones (excluding diaryl/α,β-unsaturated/α-hetero) is 1. The first-order chi connectivity index (χ1) is 10.1. The van der Waals surface area contributed by atoms with Crippen LogP contribution in [0.5, 0.6) is 0 Å². The maximum Gasteiger partial charge on any atom is 0.306 e. The number of ether oxygens (including phenoxy) is 1. The number of carbonyl (C=O) groups excluding carboxylic acids is 2. The van der Waals surface area contributed by atoms with E-state index in [4.69, 9.17) is 4.74 Å². The van der Waals surface area contributed by atoms with Crippen molar-refractivity contribution in [3.8, 4) is 0 Å². The molecule has 0 N–H and O–H groups in total. The quantitative estimate of drug-likeness (QED) is 0.485. The van der Waals surface area contributed by atoms with Crippen LogP contribution in [0.4, 0.5) is 0 Å². The minimum atomic E-state index is -0.160. The SMILES string of the molecule is C/C=C\CC1CC(=O)CC1CC(=O)OCCN(CC)CC. The molecule has 4 heteroatoms. The third kappa shape index (κ3) is 6.42. The molecule has 120 valence electrons. The first-order valence-electron chi connectivity index (χ1n) is 8.11. The van der Waals surface area contributed by atoms with Gasteiger partial charge in [0.2, 0.25) is 0 Å². The Labute approximate surface area is 128 Å². The van der Waals surface area contributed by atoms with E-state index >= 15 is 0 Å². The van der Waals surface area contributed by atoms with Gasteiger partial charge in [-0.15, -0.1) is 0 Å². The van der Waals surface area contributed by atoms with E-state index in [1.807, 2.05) is 13.0 Å². The minimum absolute atomic E-state index is 0.160. The molecule has 1 rings (SSSR count). The van der Waals surface area contributed by atoms with Crippen molar-refractivity contribution in [1.82, 2.24) is 4.90 Å². The molecular weight excluding hydrogens is 266 g/mol. The van der Waals surface area contributed by atoms with Gasteiger partial charge in [-0.2, -0.15) is 0 Å². The Balaban J connectivity index is 2.33. The van der Waals surface area contributed by atoms with Gasteiger partial charge < -0.3 is 9.64 Å². The summed E-state index contributed by atoms with van der Waals surface area (Å²) in [6.07, 6.45) is 6.51. The zero-order chi connectivity index (χ0) is 15.7. The number of hydrogen-bond acceptors (Lipinski definition) is 4. The number of carbonyl (C=O) groups is 2. The predicted octanol–water partition coefficient (Wildman–Crippen LogP) is 2.82. The summed E-state index contributed by atoms with van der Waals surface area (Å²) >= 11 is 0. The Morgan fingerprint density at radius 2 is 1.95 bits per heavy atom.